The van der Waals surface area contributed by atoms with Crippen LogP contribution in [0.25, 0.3) is 17.4 Å². The van der Waals surface area contributed by atoms with Crippen LogP contribution in [-0.2, 0) is 16.1 Å². The van der Waals surface area contributed by atoms with Crippen molar-refractivity contribution >= 4 is 35.0 Å². The van der Waals surface area contributed by atoms with E-state index in [1.807, 2.05) is 37.3 Å². The summed E-state index contributed by atoms with van der Waals surface area (Å²) in [7, 11) is 0. The van der Waals surface area contributed by atoms with Crippen LogP contribution in [0.3, 0.4) is 0 Å². The number of rotatable bonds is 8. The zero-order valence-corrected chi connectivity index (χ0v) is 19.0. The highest BCUT2D eigenvalue weighted by atomic mass is 32.2. The number of carbonyl (C=O) groups excluding carboxylic acids is 3. The van der Waals surface area contributed by atoms with Gasteiger partial charge in [-0.25, -0.2) is 4.79 Å². The first-order valence-electron chi connectivity index (χ1n) is 10.7. The first kappa shape index (κ1) is 22.6. The number of benzene rings is 2. The molecular formula is C26H23NO5S. The third kappa shape index (κ3) is 5.43. The van der Waals surface area contributed by atoms with Crippen LogP contribution >= 0.6 is 11.8 Å². The van der Waals surface area contributed by atoms with Crippen molar-refractivity contribution in [3.8, 4) is 11.3 Å². The Morgan fingerprint density at radius 1 is 1.03 bits per heavy atom. The molecule has 1 aromatic heterocycles. The number of thioether (sulfide) groups is 1. The largest absolute Gasteiger partial charge is 0.462 e. The minimum atomic E-state index is -0.346. The van der Waals surface area contributed by atoms with Crippen LogP contribution in [0.4, 0.5) is 4.79 Å². The Kier molecular flexibility index (Phi) is 7.10. The van der Waals surface area contributed by atoms with Gasteiger partial charge in [-0.1, -0.05) is 55.8 Å². The maximum atomic E-state index is 12.7. The Bertz CT molecular complexity index is 1180. The van der Waals surface area contributed by atoms with Gasteiger partial charge >= 0.3 is 5.97 Å². The molecule has 2 aromatic carbocycles. The molecule has 0 bridgehead atoms. The zero-order chi connectivity index (χ0) is 23.2. The van der Waals surface area contributed by atoms with E-state index in [0.717, 1.165) is 35.7 Å². The number of furan rings is 1. The molecule has 3 aromatic rings. The van der Waals surface area contributed by atoms with Crippen molar-refractivity contribution in [1.29, 1.82) is 0 Å². The standard InChI is InChI=1S/C26H23NO5S/c1-2-3-15-31-25(29)20-11-9-19(10-12-20)22-14-13-21(32-22)16-23-24(28)27(26(30)33-23)17-18-7-5-4-6-8-18/h4-14,16H,2-3,15,17H2,1H3/b23-16+. The molecule has 1 aliphatic heterocycles. The van der Waals surface area contributed by atoms with E-state index in [1.165, 1.54) is 4.90 Å². The molecule has 7 heteroatoms. The summed E-state index contributed by atoms with van der Waals surface area (Å²) in [5.41, 5.74) is 2.16. The molecule has 0 unspecified atom stereocenters. The smallest absolute Gasteiger partial charge is 0.338 e. The van der Waals surface area contributed by atoms with Crippen molar-refractivity contribution in [2.75, 3.05) is 6.61 Å². The van der Waals surface area contributed by atoms with E-state index in [2.05, 4.69) is 0 Å². The van der Waals surface area contributed by atoms with Crippen LogP contribution in [0, 0.1) is 0 Å². The Morgan fingerprint density at radius 2 is 1.79 bits per heavy atom. The van der Waals surface area contributed by atoms with Gasteiger partial charge in [0.15, 0.2) is 0 Å². The van der Waals surface area contributed by atoms with Crippen LogP contribution in [0.5, 0.6) is 0 Å². The normalized spacial score (nSPS) is 14.8. The number of amides is 2. The van der Waals surface area contributed by atoms with E-state index in [-0.39, 0.29) is 23.7 Å². The second-order valence-corrected chi connectivity index (χ2v) is 8.52. The predicted octanol–water partition coefficient (Wildman–Crippen LogP) is 6.14. The molecule has 1 aliphatic rings. The first-order chi connectivity index (χ1) is 16.0. The van der Waals surface area contributed by atoms with Crippen molar-refractivity contribution in [3.05, 3.63) is 88.5 Å². The maximum absolute atomic E-state index is 12.7. The second kappa shape index (κ2) is 10.4. The van der Waals surface area contributed by atoms with Gasteiger partial charge in [0.1, 0.15) is 11.5 Å². The van der Waals surface area contributed by atoms with Gasteiger partial charge in [0.2, 0.25) is 0 Å². The van der Waals surface area contributed by atoms with Crippen molar-refractivity contribution in [3.63, 3.8) is 0 Å². The van der Waals surface area contributed by atoms with Crippen molar-refractivity contribution < 1.29 is 23.5 Å². The van der Waals surface area contributed by atoms with Gasteiger partial charge in [-0.05, 0) is 48.0 Å². The van der Waals surface area contributed by atoms with Gasteiger partial charge in [-0.15, -0.1) is 0 Å². The lowest BCUT2D eigenvalue weighted by Crippen LogP contribution is -2.27. The monoisotopic (exact) mass is 461 g/mol. The third-order valence-electron chi connectivity index (χ3n) is 5.09. The van der Waals surface area contributed by atoms with Gasteiger partial charge in [0.25, 0.3) is 11.1 Å². The summed E-state index contributed by atoms with van der Waals surface area (Å²) in [4.78, 5) is 38.7. The van der Waals surface area contributed by atoms with Gasteiger partial charge in [-0.2, -0.15) is 0 Å². The molecule has 2 amide bonds. The highest BCUT2D eigenvalue weighted by Crippen LogP contribution is 2.34. The van der Waals surface area contributed by atoms with Crippen molar-refractivity contribution in [2.24, 2.45) is 0 Å². The molecular weight excluding hydrogens is 438 g/mol. The Morgan fingerprint density at radius 3 is 2.52 bits per heavy atom. The minimum Gasteiger partial charge on any atom is -0.462 e. The van der Waals surface area contributed by atoms with E-state index < -0.39 is 0 Å². The lowest BCUT2D eigenvalue weighted by molar-refractivity contribution is -0.123. The van der Waals surface area contributed by atoms with Gasteiger partial charge < -0.3 is 9.15 Å². The van der Waals surface area contributed by atoms with Crippen LogP contribution in [0.2, 0.25) is 0 Å². The molecule has 168 valence electrons. The molecule has 0 saturated carbocycles. The topological polar surface area (TPSA) is 76.8 Å². The highest BCUT2D eigenvalue weighted by molar-refractivity contribution is 8.18. The highest BCUT2D eigenvalue weighted by Gasteiger charge is 2.35. The molecule has 0 atom stereocenters. The van der Waals surface area contributed by atoms with Crippen LogP contribution in [-0.4, -0.2) is 28.6 Å². The fourth-order valence-electron chi connectivity index (χ4n) is 3.28. The molecule has 1 saturated heterocycles. The summed E-state index contributed by atoms with van der Waals surface area (Å²) in [5, 5.41) is -0.303. The number of esters is 1. The predicted molar refractivity (Wildman–Crippen MR) is 127 cm³/mol. The van der Waals surface area contributed by atoms with E-state index in [4.69, 9.17) is 9.15 Å². The molecule has 0 N–H and O–H groups in total. The summed E-state index contributed by atoms with van der Waals surface area (Å²) in [6.45, 7) is 2.69. The number of unbranched alkanes of at least 4 members (excludes halogenated alkanes) is 1. The third-order valence-corrected chi connectivity index (χ3v) is 6.00. The number of imide groups is 1. The molecule has 4 rings (SSSR count). The Labute approximate surface area is 196 Å². The van der Waals surface area contributed by atoms with Crippen LogP contribution in [0.1, 0.15) is 41.4 Å². The number of nitrogens with zero attached hydrogens (tertiary/aromatic N) is 1. The molecule has 2 heterocycles. The summed E-state index contributed by atoms with van der Waals surface area (Å²) >= 11 is 0.901. The SMILES string of the molecule is CCCCOC(=O)c1ccc(-c2ccc(/C=C3/SC(=O)N(Cc4ccccc4)C3=O)o2)cc1. The van der Waals surface area contributed by atoms with Crippen molar-refractivity contribution in [2.45, 2.75) is 26.3 Å². The Hall–Kier alpha value is -3.58. The van der Waals surface area contributed by atoms with Crippen LogP contribution in [0.15, 0.2) is 76.1 Å². The van der Waals surface area contributed by atoms with E-state index in [1.54, 1.807) is 42.5 Å². The van der Waals surface area contributed by atoms with Crippen molar-refractivity contribution in [1.82, 2.24) is 4.90 Å². The van der Waals surface area contributed by atoms with E-state index in [0.29, 0.717) is 28.6 Å². The molecule has 0 aliphatic carbocycles. The summed E-state index contributed by atoms with van der Waals surface area (Å²) in [6.07, 6.45) is 3.39. The van der Waals surface area contributed by atoms with E-state index >= 15 is 0 Å². The minimum absolute atomic E-state index is 0.236. The molecule has 0 spiro atoms. The summed E-state index contributed by atoms with van der Waals surface area (Å²) in [5.74, 6) is 0.382. The zero-order valence-electron chi connectivity index (χ0n) is 18.2. The Balaban J connectivity index is 1.43. The van der Waals surface area contributed by atoms with Crippen LogP contribution < -0.4 is 0 Å². The number of carbonyl (C=O) groups is 3. The fraction of sp³-hybridized carbons (Fsp3) is 0.192. The van der Waals surface area contributed by atoms with Gasteiger partial charge in [0, 0.05) is 11.6 Å². The summed E-state index contributed by atoms with van der Waals surface area (Å²) < 4.78 is 11.1. The average molecular weight is 462 g/mol. The van der Waals surface area contributed by atoms with Gasteiger partial charge in [0.05, 0.1) is 23.6 Å². The average Bonchev–Trinajstić information content (AvgIpc) is 3.40. The quantitative estimate of drug-likeness (QED) is 0.228. The number of hydrogen-bond acceptors (Lipinski definition) is 6. The lowest BCUT2D eigenvalue weighted by Gasteiger charge is -2.11. The lowest BCUT2D eigenvalue weighted by atomic mass is 10.1. The summed E-state index contributed by atoms with van der Waals surface area (Å²) in [6, 6.07) is 19.9. The fourth-order valence-corrected chi connectivity index (χ4v) is 4.10. The number of hydrogen-bond donors (Lipinski definition) is 0. The number of ether oxygens (including phenoxy) is 1. The molecule has 0 radical (unpaired) electrons. The van der Waals surface area contributed by atoms with E-state index in [9.17, 15) is 14.4 Å². The molecule has 6 nitrogen and oxygen atoms in total. The first-order valence-corrected chi connectivity index (χ1v) is 11.5. The molecule has 33 heavy (non-hydrogen) atoms. The van der Waals surface area contributed by atoms with Gasteiger partial charge in [-0.3, -0.25) is 14.5 Å². The molecule has 1 fully saturated rings. The maximum Gasteiger partial charge on any atom is 0.338 e. The second-order valence-electron chi connectivity index (χ2n) is 7.52.